The van der Waals surface area contributed by atoms with Crippen LogP contribution in [0.15, 0.2) is 24.3 Å². The lowest BCUT2D eigenvalue weighted by Crippen LogP contribution is -2.49. The number of hydrogen-bond acceptors (Lipinski definition) is 3. The second-order valence-electron chi connectivity index (χ2n) is 5.42. The molecule has 0 aliphatic rings. The summed E-state index contributed by atoms with van der Waals surface area (Å²) in [4.78, 5) is 11.5. The second-order valence-corrected chi connectivity index (χ2v) is 5.42. The molecule has 1 rings (SSSR count). The minimum atomic E-state index is -1.09. The summed E-state index contributed by atoms with van der Waals surface area (Å²) in [7, 11) is 0. The normalized spacial score (nSPS) is 14.5. The van der Waals surface area contributed by atoms with E-state index in [0.29, 0.717) is 5.56 Å². The Morgan fingerprint density at radius 3 is 2.11 bits per heavy atom. The lowest BCUT2D eigenvalue weighted by atomic mass is 9.91. The highest BCUT2D eigenvalue weighted by Crippen LogP contribution is 2.24. The van der Waals surface area contributed by atoms with Gasteiger partial charge in [0.05, 0.1) is 6.10 Å². The Balaban J connectivity index is 3.01. The van der Waals surface area contributed by atoms with Crippen LogP contribution in [0.2, 0.25) is 0 Å². The molecule has 1 aromatic rings. The minimum Gasteiger partial charge on any atom is -0.491 e. The van der Waals surface area contributed by atoms with Gasteiger partial charge in [0.2, 0.25) is 0 Å². The molecule has 0 heterocycles. The largest absolute Gasteiger partial charge is 0.491 e. The van der Waals surface area contributed by atoms with Crippen molar-refractivity contribution in [1.29, 1.82) is 0 Å². The SMILES string of the molecule is CC(C)NC(C)(C(=O)O)c1ccc(OC(C)C)cc1. The fraction of sp³-hybridized carbons (Fsp3) is 0.533. The molecule has 0 bridgehead atoms. The highest BCUT2D eigenvalue weighted by molar-refractivity contribution is 5.80. The van der Waals surface area contributed by atoms with Crippen molar-refractivity contribution >= 4 is 5.97 Å². The number of rotatable bonds is 6. The highest BCUT2D eigenvalue weighted by atomic mass is 16.5. The van der Waals surface area contributed by atoms with Crippen molar-refractivity contribution in [2.24, 2.45) is 0 Å². The van der Waals surface area contributed by atoms with Crippen LogP contribution in [-0.2, 0) is 10.3 Å². The molecule has 0 radical (unpaired) electrons. The van der Waals surface area contributed by atoms with Crippen molar-refractivity contribution in [2.75, 3.05) is 0 Å². The van der Waals surface area contributed by atoms with Crippen LogP contribution >= 0.6 is 0 Å². The predicted molar refractivity (Wildman–Crippen MR) is 75.5 cm³/mol. The van der Waals surface area contributed by atoms with Crippen LogP contribution < -0.4 is 10.1 Å². The number of carbonyl (C=O) groups is 1. The molecule has 106 valence electrons. The topological polar surface area (TPSA) is 58.6 Å². The van der Waals surface area contributed by atoms with Gasteiger partial charge in [-0.25, -0.2) is 4.79 Å². The van der Waals surface area contributed by atoms with Crippen LogP contribution in [-0.4, -0.2) is 23.2 Å². The number of aliphatic carboxylic acids is 1. The average Bonchev–Trinajstić information content (AvgIpc) is 2.27. The molecular weight excluding hydrogens is 242 g/mol. The third-order valence-corrected chi connectivity index (χ3v) is 2.81. The molecular formula is C15H23NO3. The molecule has 1 aromatic carbocycles. The van der Waals surface area contributed by atoms with E-state index in [1.165, 1.54) is 0 Å². The molecule has 0 amide bonds. The third-order valence-electron chi connectivity index (χ3n) is 2.81. The summed E-state index contributed by atoms with van der Waals surface area (Å²) in [6, 6.07) is 7.27. The van der Waals surface area contributed by atoms with E-state index in [9.17, 15) is 9.90 Å². The van der Waals surface area contributed by atoms with E-state index in [-0.39, 0.29) is 12.1 Å². The summed E-state index contributed by atoms with van der Waals surface area (Å²) >= 11 is 0. The zero-order valence-corrected chi connectivity index (χ0v) is 12.2. The standard InChI is InChI=1S/C15H23NO3/c1-10(2)16-15(5,14(17)18)12-6-8-13(9-7-12)19-11(3)4/h6-11,16H,1-5H3,(H,17,18). The van der Waals surface area contributed by atoms with Gasteiger partial charge in [-0.05, 0) is 52.3 Å². The molecule has 4 nitrogen and oxygen atoms in total. The first-order chi connectivity index (χ1) is 8.75. The maximum absolute atomic E-state index is 11.5. The molecule has 0 spiro atoms. The van der Waals surface area contributed by atoms with Gasteiger partial charge in [0.15, 0.2) is 0 Å². The first kappa shape index (κ1) is 15.5. The molecule has 1 atom stereocenters. The lowest BCUT2D eigenvalue weighted by molar-refractivity contribution is -0.144. The Hall–Kier alpha value is -1.55. The van der Waals surface area contributed by atoms with Crippen molar-refractivity contribution in [1.82, 2.24) is 5.32 Å². The van der Waals surface area contributed by atoms with Crippen LogP contribution in [0.25, 0.3) is 0 Å². The Morgan fingerprint density at radius 1 is 1.21 bits per heavy atom. The van der Waals surface area contributed by atoms with E-state index in [4.69, 9.17) is 4.74 Å². The van der Waals surface area contributed by atoms with Gasteiger partial charge in [-0.3, -0.25) is 5.32 Å². The summed E-state index contributed by atoms with van der Waals surface area (Å²) in [5.74, 6) is -0.144. The van der Waals surface area contributed by atoms with Gasteiger partial charge >= 0.3 is 5.97 Å². The maximum atomic E-state index is 11.5. The van der Waals surface area contributed by atoms with Gasteiger partial charge in [-0.1, -0.05) is 12.1 Å². The number of carboxylic acid groups (broad SMARTS) is 1. The summed E-state index contributed by atoms with van der Waals surface area (Å²) in [5.41, 5.74) is -0.380. The van der Waals surface area contributed by atoms with E-state index >= 15 is 0 Å². The van der Waals surface area contributed by atoms with Crippen molar-refractivity contribution in [3.8, 4) is 5.75 Å². The van der Waals surface area contributed by atoms with Gasteiger partial charge in [0, 0.05) is 6.04 Å². The Bertz CT molecular complexity index is 426. The summed E-state index contributed by atoms with van der Waals surface area (Å²) in [6.07, 6.45) is 0.102. The van der Waals surface area contributed by atoms with Gasteiger partial charge in [0.1, 0.15) is 11.3 Å². The zero-order chi connectivity index (χ0) is 14.6. The van der Waals surface area contributed by atoms with Crippen molar-refractivity contribution in [3.63, 3.8) is 0 Å². The average molecular weight is 265 g/mol. The quantitative estimate of drug-likeness (QED) is 0.830. The molecule has 0 fully saturated rings. The van der Waals surface area contributed by atoms with E-state index in [1.54, 1.807) is 31.2 Å². The molecule has 0 aliphatic carbocycles. The van der Waals surface area contributed by atoms with E-state index in [2.05, 4.69) is 5.32 Å². The van der Waals surface area contributed by atoms with E-state index < -0.39 is 11.5 Å². The summed E-state index contributed by atoms with van der Waals surface area (Å²) < 4.78 is 5.56. The van der Waals surface area contributed by atoms with Gasteiger partial charge in [0.25, 0.3) is 0 Å². The highest BCUT2D eigenvalue weighted by Gasteiger charge is 2.35. The molecule has 19 heavy (non-hydrogen) atoms. The minimum absolute atomic E-state index is 0.0766. The predicted octanol–water partition coefficient (Wildman–Crippen LogP) is 2.77. The lowest BCUT2D eigenvalue weighted by Gasteiger charge is -2.29. The van der Waals surface area contributed by atoms with Crippen molar-refractivity contribution < 1.29 is 14.6 Å². The van der Waals surface area contributed by atoms with Crippen LogP contribution in [0.3, 0.4) is 0 Å². The molecule has 0 saturated carbocycles. The number of benzene rings is 1. The van der Waals surface area contributed by atoms with Crippen LogP contribution in [0.1, 0.15) is 40.2 Å². The first-order valence-corrected chi connectivity index (χ1v) is 6.54. The molecule has 0 aromatic heterocycles. The van der Waals surface area contributed by atoms with E-state index in [1.807, 2.05) is 27.7 Å². The number of nitrogens with one attached hydrogen (secondary N) is 1. The van der Waals surface area contributed by atoms with Crippen LogP contribution in [0.4, 0.5) is 0 Å². The van der Waals surface area contributed by atoms with Crippen molar-refractivity contribution in [3.05, 3.63) is 29.8 Å². The van der Waals surface area contributed by atoms with Gasteiger partial charge in [-0.15, -0.1) is 0 Å². The second kappa shape index (κ2) is 6.06. The Labute approximate surface area is 114 Å². The van der Waals surface area contributed by atoms with Crippen LogP contribution in [0.5, 0.6) is 5.75 Å². The first-order valence-electron chi connectivity index (χ1n) is 6.54. The fourth-order valence-electron chi connectivity index (χ4n) is 1.98. The zero-order valence-electron chi connectivity index (χ0n) is 12.2. The summed E-state index contributed by atoms with van der Waals surface area (Å²) in [5, 5.41) is 12.5. The van der Waals surface area contributed by atoms with E-state index in [0.717, 1.165) is 5.75 Å². The maximum Gasteiger partial charge on any atom is 0.328 e. The molecule has 1 unspecified atom stereocenters. The van der Waals surface area contributed by atoms with Crippen LogP contribution in [0, 0.1) is 0 Å². The van der Waals surface area contributed by atoms with Gasteiger partial charge in [-0.2, -0.15) is 0 Å². The monoisotopic (exact) mass is 265 g/mol. The van der Waals surface area contributed by atoms with Gasteiger partial charge < -0.3 is 9.84 Å². The molecule has 0 aliphatic heterocycles. The smallest absolute Gasteiger partial charge is 0.328 e. The fourth-order valence-corrected chi connectivity index (χ4v) is 1.98. The number of ether oxygens (including phenoxy) is 1. The number of hydrogen-bond donors (Lipinski definition) is 2. The molecule has 0 saturated heterocycles. The third kappa shape index (κ3) is 3.96. The Kier molecular flexibility index (Phi) is 4.95. The number of carboxylic acids is 1. The molecule has 2 N–H and O–H groups in total. The molecule has 4 heteroatoms. The summed E-state index contributed by atoms with van der Waals surface area (Å²) in [6.45, 7) is 9.44. The van der Waals surface area contributed by atoms with Crippen molar-refractivity contribution in [2.45, 2.75) is 52.3 Å². The Morgan fingerprint density at radius 2 is 1.74 bits per heavy atom.